The van der Waals surface area contributed by atoms with Crippen LogP contribution < -0.4 is 5.32 Å². The third-order valence-electron chi connectivity index (χ3n) is 4.30. The standard InChI is InChI=1S/C19H16BrClN4O/c20-14-6-8-16(9-7-14)25-18(13-4-5-13)17(23-24-25)19(26)22-11-12-2-1-3-15(21)10-12/h1-3,6-10,13H,4-5,11H2,(H,22,26). The highest BCUT2D eigenvalue weighted by atomic mass is 79.9. The van der Waals surface area contributed by atoms with Gasteiger partial charge in [-0.25, -0.2) is 4.68 Å². The topological polar surface area (TPSA) is 59.8 Å². The van der Waals surface area contributed by atoms with Crippen LogP contribution in [-0.2, 0) is 6.54 Å². The Balaban J connectivity index is 1.58. The quantitative estimate of drug-likeness (QED) is 0.647. The van der Waals surface area contributed by atoms with Crippen LogP contribution in [0.3, 0.4) is 0 Å². The van der Waals surface area contributed by atoms with Crippen LogP contribution in [0.5, 0.6) is 0 Å². The van der Waals surface area contributed by atoms with Crippen molar-refractivity contribution in [1.29, 1.82) is 0 Å². The normalized spacial score (nSPS) is 13.6. The minimum absolute atomic E-state index is 0.213. The zero-order valence-corrected chi connectivity index (χ0v) is 16.2. The second kappa shape index (κ2) is 7.21. The van der Waals surface area contributed by atoms with Crippen LogP contribution >= 0.6 is 27.5 Å². The largest absolute Gasteiger partial charge is 0.347 e. The van der Waals surface area contributed by atoms with Crippen molar-refractivity contribution < 1.29 is 4.79 Å². The molecule has 0 bridgehead atoms. The fourth-order valence-electron chi connectivity index (χ4n) is 2.86. The first kappa shape index (κ1) is 17.2. The van der Waals surface area contributed by atoms with Crippen LogP contribution in [0.1, 0.15) is 40.5 Å². The van der Waals surface area contributed by atoms with E-state index in [1.165, 1.54) is 0 Å². The van der Waals surface area contributed by atoms with Gasteiger partial charge in [0.15, 0.2) is 5.69 Å². The van der Waals surface area contributed by atoms with E-state index in [1.54, 1.807) is 4.68 Å². The summed E-state index contributed by atoms with van der Waals surface area (Å²) in [7, 11) is 0. The van der Waals surface area contributed by atoms with Crippen molar-refractivity contribution in [3.8, 4) is 5.69 Å². The third kappa shape index (κ3) is 3.66. The molecule has 26 heavy (non-hydrogen) atoms. The summed E-state index contributed by atoms with van der Waals surface area (Å²) in [6.07, 6.45) is 2.11. The Morgan fingerprint density at radius 2 is 2.00 bits per heavy atom. The molecule has 0 saturated heterocycles. The molecule has 0 unspecified atom stereocenters. The molecule has 4 rings (SSSR count). The van der Waals surface area contributed by atoms with E-state index in [-0.39, 0.29) is 5.91 Å². The number of aromatic nitrogens is 3. The second-order valence-corrected chi connectivity index (χ2v) is 7.65. The van der Waals surface area contributed by atoms with Gasteiger partial charge < -0.3 is 5.32 Å². The molecule has 1 aromatic heterocycles. The SMILES string of the molecule is O=C(NCc1cccc(Cl)c1)c1nnn(-c2ccc(Br)cc2)c1C1CC1. The van der Waals surface area contributed by atoms with Crippen molar-refractivity contribution in [3.63, 3.8) is 0 Å². The number of hydrogen-bond acceptors (Lipinski definition) is 3. The van der Waals surface area contributed by atoms with E-state index in [4.69, 9.17) is 11.6 Å². The van der Waals surface area contributed by atoms with Crippen molar-refractivity contribution in [3.05, 3.63) is 75.0 Å². The highest BCUT2D eigenvalue weighted by molar-refractivity contribution is 9.10. The molecule has 7 heteroatoms. The Labute approximate surface area is 164 Å². The predicted molar refractivity (Wildman–Crippen MR) is 104 cm³/mol. The lowest BCUT2D eigenvalue weighted by atomic mass is 10.2. The fourth-order valence-corrected chi connectivity index (χ4v) is 3.34. The summed E-state index contributed by atoms with van der Waals surface area (Å²) in [6, 6.07) is 15.2. The molecule has 1 amide bonds. The fraction of sp³-hybridized carbons (Fsp3) is 0.211. The van der Waals surface area contributed by atoms with Crippen molar-refractivity contribution in [2.24, 2.45) is 0 Å². The average Bonchev–Trinajstić information content (AvgIpc) is 3.39. The number of halogens is 2. The molecule has 1 saturated carbocycles. The second-order valence-electron chi connectivity index (χ2n) is 6.30. The van der Waals surface area contributed by atoms with E-state index >= 15 is 0 Å². The van der Waals surface area contributed by atoms with E-state index in [0.29, 0.717) is 23.2 Å². The molecule has 0 atom stereocenters. The first-order valence-electron chi connectivity index (χ1n) is 8.36. The van der Waals surface area contributed by atoms with Crippen LogP contribution in [0.4, 0.5) is 0 Å². The number of nitrogens with zero attached hydrogens (tertiary/aromatic N) is 3. The van der Waals surface area contributed by atoms with Gasteiger partial charge in [0.2, 0.25) is 0 Å². The summed E-state index contributed by atoms with van der Waals surface area (Å²) < 4.78 is 2.77. The lowest BCUT2D eigenvalue weighted by molar-refractivity contribution is 0.0945. The van der Waals surface area contributed by atoms with Gasteiger partial charge >= 0.3 is 0 Å². The summed E-state index contributed by atoms with van der Waals surface area (Å²) >= 11 is 9.43. The molecule has 2 aromatic carbocycles. The molecular formula is C19H16BrClN4O. The van der Waals surface area contributed by atoms with Gasteiger partial charge in [-0.2, -0.15) is 0 Å². The van der Waals surface area contributed by atoms with E-state index in [2.05, 4.69) is 31.6 Å². The summed E-state index contributed by atoms with van der Waals surface area (Å²) in [5.41, 5.74) is 3.13. The maximum Gasteiger partial charge on any atom is 0.274 e. The summed E-state index contributed by atoms with van der Waals surface area (Å²) in [5.74, 6) is 0.121. The molecule has 3 aromatic rings. The van der Waals surface area contributed by atoms with Gasteiger partial charge in [0.1, 0.15) is 0 Å². The van der Waals surface area contributed by atoms with E-state index in [9.17, 15) is 4.79 Å². The summed E-state index contributed by atoms with van der Waals surface area (Å²) in [6.45, 7) is 0.397. The third-order valence-corrected chi connectivity index (χ3v) is 5.06. The Morgan fingerprint density at radius 3 is 2.69 bits per heavy atom. The maximum absolute atomic E-state index is 12.7. The minimum Gasteiger partial charge on any atom is -0.347 e. The summed E-state index contributed by atoms with van der Waals surface area (Å²) in [5, 5.41) is 12.0. The van der Waals surface area contributed by atoms with Crippen molar-refractivity contribution >= 4 is 33.4 Å². The van der Waals surface area contributed by atoms with E-state index < -0.39 is 0 Å². The van der Waals surface area contributed by atoms with Crippen molar-refractivity contribution in [2.75, 3.05) is 0 Å². The maximum atomic E-state index is 12.7. The van der Waals surface area contributed by atoms with Crippen molar-refractivity contribution in [1.82, 2.24) is 20.3 Å². The Kier molecular flexibility index (Phi) is 4.78. The first-order chi connectivity index (χ1) is 12.6. The van der Waals surface area contributed by atoms with Gasteiger partial charge in [0, 0.05) is 22.0 Å². The highest BCUT2D eigenvalue weighted by Crippen LogP contribution is 2.42. The smallest absolute Gasteiger partial charge is 0.274 e. The van der Waals surface area contributed by atoms with Crippen LogP contribution in [-0.4, -0.2) is 20.9 Å². The van der Waals surface area contributed by atoms with Gasteiger partial charge in [-0.1, -0.05) is 44.9 Å². The first-order valence-corrected chi connectivity index (χ1v) is 9.53. The van der Waals surface area contributed by atoms with Crippen LogP contribution in [0.2, 0.25) is 5.02 Å². The number of amides is 1. The number of benzene rings is 2. The molecule has 0 aliphatic heterocycles. The van der Waals surface area contributed by atoms with E-state index in [0.717, 1.165) is 34.3 Å². The molecule has 1 heterocycles. The molecule has 0 radical (unpaired) electrons. The minimum atomic E-state index is -0.213. The molecule has 1 N–H and O–H groups in total. The monoisotopic (exact) mass is 430 g/mol. The van der Waals surface area contributed by atoms with Gasteiger partial charge in [-0.3, -0.25) is 4.79 Å². The molecule has 0 spiro atoms. The number of carbonyl (C=O) groups is 1. The van der Waals surface area contributed by atoms with Gasteiger partial charge in [0.25, 0.3) is 5.91 Å². The lowest BCUT2D eigenvalue weighted by Gasteiger charge is -2.08. The zero-order chi connectivity index (χ0) is 18.1. The zero-order valence-electron chi connectivity index (χ0n) is 13.8. The lowest BCUT2D eigenvalue weighted by Crippen LogP contribution is -2.24. The molecule has 5 nitrogen and oxygen atoms in total. The van der Waals surface area contributed by atoms with Gasteiger partial charge in [-0.05, 0) is 54.8 Å². The summed E-state index contributed by atoms with van der Waals surface area (Å²) in [4.78, 5) is 12.7. The van der Waals surface area contributed by atoms with Crippen LogP contribution in [0, 0.1) is 0 Å². The number of carbonyl (C=O) groups excluding carboxylic acids is 1. The Bertz CT molecular complexity index is 950. The Morgan fingerprint density at radius 1 is 1.23 bits per heavy atom. The molecule has 1 aliphatic carbocycles. The van der Waals surface area contributed by atoms with E-state index in [1.807, 2.05) is 48.5 Å². The highest BCUT2D eigenvalue weighted by Gasteiger charge is 2.34. The molecule has 132 valence electrons. The number of hydrogen-bond donors (Lipinski definition) is 1. The van der Waals surface area contributed by atoms with Crippen molar-refractivity contribution in [2.45, 2.75) is 25.3 Å². The Hall–Kier alpha value is -2.18. The molecule has 1 aliphatic rings. The van der Waals surface area contributed by atoms with Crippen LogP contribution in [0.25, 0.3) is 5.69 Å². The van der Waals surface area contributed by atoms with Gasteiger partial charge in [-0.15, -0.1) is 5.10 Å². The predicted octanol–water partition coefficient (Wildman–Crippen LogP) is 4.49. The molecule has 1 fully saturated rings. The number of nitrogens with one attached hydrogen (secondary N) is 1. The average molecular weight is 432 g/mol. The van der Waals surface area contributed by atoms with Crippen LogP contribution in [0.15, 0.2) is 53.0 Å². The number of rotatable bonds is 5. The molecular weight excluding hydrogens is 416 g/mol. The van der Waals surface area contributed by atoms with Gasteiger partial charge in [0.05, 0.1) is 11.4 Å².